The number of aromatic amines is 2. The van der Waals surface area contributed by atoms with Crippen LogP contribution in [0, 0.1) is 6.92 Å². The summed E-state index contributed by atoms with van der Waals surface area (Å²) in [6.07, 6.45) is 0. The van der Waals surface area contributed by atoms with Gasteiger partial charge in [0.2, 0.25) is 0 Å². The molecule has 0 unspecified atom stereocenters. The molecule has 0 radical (unpaired) electrons. The molecule has 0 amide bonds. The van der Waals surface area contributed by atoms with E-state index in [0.717, 1.165) is 16.5 Å². The maximum absolute atomic E-state index is 11.7. The molecule has 4 nitrogen and oxygen atoms in total. The smallest absolute Gasteiger partial charge is 0.257 e. The lowest BCUT2D eigenvalue weighted by Crippen LogP contribution is -2.05. The Bertz CT molecular complexity index is 708. The maximum atomic E-state index is 11.7. The Balaban J connectivity index is 2.74. The fraction of sp³-hybridized carbons (Fsp3) is 0.0909. The van der Waals surface area contributed by atoms with Crippen LogP contribution in [0.5, 0.6) is 0 Å². The first kappa shape index (κ1) is 8.23. The van der Waals surface area contributed by atoms with Crippen molar-refractivity contribution >= 4 is 21.8 Å². The number of benzene rings is 1. The van der Waals surface area contributed by atoms with E-state index in [1.165, 1.54) is 0 Å². The van der Waals surface area contributed by atoms with Crippen molar-refractivity contribution in [1.82, 2.24) is 15.2 Å². The second-order valence-corrected chi connectivity index (χ2v) is 3.57. The molecule has 0 bridgehead atoms. The summed E-state index contributed by atoms with van der Waals surface area (Å²) >= 11 is 0. The third kappa shape index (κ3) is 1.01. The van der Waals surface area contributed by atoms with Gasteiger partial charge in [0.1, 0.15) is 0 Å². The van der Waals surface area contributed by atoms with Crippen LogP contribution in [0.3, 0.4) is 0 Å². The van der Waals surface area contributed by atoms with Crippen LogP contribution in [-0.2, 0) is 0 Å². The van der Waals surface area contributed by atoms with E-state index >= 15 is 0 Å². The number of aryl methyl sites for hydroxylation is 1. The molecule has 0 saturated heterocycles. The Hall–Kier alpha value is -2.10. The first-order valence-electron chi connectivity index (χ1n) is 4.73. The molecule has 74 valence electrons. The topological polar surface area (TPSA) is 61.5 Å². The number of fused-ring (bicyclic) bond motifs is 3. The van der Waals surface area contributed by atoms with Gasteiger partial charge in [-0.05, 0) is 18.4 Å². The number of aromatic nitrogens is 3. The number of pyridine rings is 1. The summed E-state index contributed by atoms with van der Waals surface area (Å²) in [5, 5.41) is 9.57. The quantitative estimate of drug-likeness (QED) is 0.579. The molecule has 2 N–H and O–H groups in total. The zero-order valence-electron chi connectivity index (χ0n) is 8.16. The Morgan fingerprint density at radius 1 is 1.20 bits per heavy atom. The van der Waals surface area contributed by atoms with Crippen LogP contribution in [-0.4, -0.2) is 15.2 Å². The monoisotopic (exact) mass is 199 g/mol. The van der Waals surface area contributed by atoms with E-state index in [1.807, 2.05) is 31.2 Å². The highest BCUT2D eigenvalue weighted by Crippen LogP contribution is 2.21. The van der Waals surface area contributed by atoms with Crippen molar-refractivity contribution in [2.45, 2.75) is 6.92 Å². The molecule has 0 spiro atoms. The third-order valence-electron chi connectivity index (χ3n) is 2.62. The Morgan fingerprint density at radius 2 is 1.93 bits per heavy atom. The predicted molar refractivity (Wildman–Crippen MR) is 59.0 cm³/mol. The minimum atomic E-state index is -0.0930. The largest absolute Gasteiger partial charge is 0.305 e. The van der Waals surface area contributed by atoms with E-state index in [4.69, 9.17) is 0 Å². The van der Waals surface area contributed by atoms with E-state index in [2.05, 4.69) is 15.2 Å². The van der Waals surface area contributed by atoms with Crippen LogP contribution in [0.4, 0.5) is 0 Å². The van der Waals surface area contributed by atoms with Gasteiger partial charge in [0, 0.05) is 16.5 Å². The minimum absolute atomic E-state index is 0.0930. The molecule has 2 aromatic heterocycles. The van der Waals surface area contributed by atoms with Gasteiger partial charge in [0.25, 0.3) is 5.56 Å². The second-order valence-electron chi connectivity index (χ2n) is 3.57. The minimum Gasteiger partial charge on any atom is -0.305 e. The zero-order valence-corrected chi connectivity index (χ0v) is 8.16. The number of hydrogen-bond donors (Lipinski definition) is 2. The highest BCUT2D eigenvalue weighted by molar-refractivity contribution is 6.05. The Morgan fingerprint density at radius 3 is 2.73 bits per heavy atom. The highest BCUT2D eigenvalue weighted by Gasteiger charge is 2.08. The van der Waals surface area contributed by atoms with Gasteiger partial charge in [0.05, 0.1) is 0 Å². The molecular weight excluding hydrogens is 190 g/mol. The lowest BCUT2D eigenvalue weighted by atomic mass is 10.1. The van der Waals surface area contributed by atoms with Crippen molar-refractivity contribution in [3.63, 3.8) is 0 Å². The van der Waals surface area contributed by atoms with Crippen LogP contribution < -0.4 is 5.56 Å². The highest BCUT2D eigenvalue weighted by atomic mass is 16.1. The zero-order chi connectivity index (χ0) is 10.4. The number of rotatable bonds is 0. The van der Waals surface area contributed by atoms with Crippen LogP contribution >= 0.6 is 0 Å². The van der Waals surface area contributed by atoms with Crippen molar-refractivity contribution in [3.05, 3.63) is 40.3 Å². The van der Waals surface area contributed by atoms with Gasteiger partial charge >= 0.3 is 0 Å². The SMILES string of the molecule is Cc1[nH]nc2[nH]c(=O)c3ccccc3c12. The molecule has 15 heavy (non-hydrogen) atoms. The molecule has 4 heteroatoms. The van der Waals surface area contributed by atoms with Crippen molar-refractivity contribution in [3.8, 4) is 0 Å². The Labute approximate surface area is 84.9 Å². The molecule has 1 aromatic carbocycles. The second kappa shape index (κ2) is 2.70. The van der Waals surface area contributed by atoms with E-state index in [9.17, 15) is 4.79 Å². The average Bonchev–Trinajstić information content (AvgIpc) is 2.61. The standard InChI is InChI=1S/C11H9N3O/c1-6-9-7-4-2-3-5-8(7)11(15)12-10(9)14-13-6/h2-5H,1H3,(H2,12,13,14,15). The normalized spacial score (nSPS) is 11.3. The molecule has 0 aliphatic carbocycles. The summed E-state index contributed by atoms with van der Waals surface area (Å²) in [4.78, 5) is 14.4. The van der Waals surface area contributed by atoms with Crippen molar-refractivity contribution in [2.24, 2.45) is 0 Å². The van der Waals surface area contributed by atoms with Crippen molar-refractivity contribution in [1.29, 1.82) is 0 Å². The molecule has 3 aromatic rings. The van der Waals surface area contributed by atoms with Gasteiger partial charge < -0.3 is 4.98 Å². The number of nitrogens with one attached hydrogen (secondary N) is 2. The molecule has 3 rings (SSSR count). The summed E-state index contributed by atoms with van der Waals surface area (Å²) in [7, 11) is 0. The predicted octanol–water partition coefficient (Wildman–Crippen LogP) is 1.71. The molecular formula is C11H9N3O. The average molecular weight is 199 g/mol. The molecule has 0 aliphatic heterocycles. The number of hydrogen-bond acceptors (Lipinski definition) is 2. The number of nitrogens with zero attached hydrogens (tertiary/aromatic N) is 1. The summed E-state index contributed by atoms with van der Waals surface area (Å²) in [5.74, 6) is 0. The molecule has 0 saturated carbocycles. The lowest BCUT2D eigenvalue weighted by Gasteiger charge is -1.98. The Kier molecular flexibility index (Phi) is 1.48. The summed E-state index contributed by atoms with van der Waals surface area (Å²) in [6, 6.07) is 7.54. The summed E-state index contributed by atoms with van der Waals surface area (Å²) < 4.78 is 0. The number of H-pyrrole nitrogens is 2. The molecule has 2 heterocycles. The van der Waals surface area contributed by atoms with Crippen molar-refractivity contribution < 1.29 is 0 Å². The van der Waals surface area contributed by atoms with Gasteiger partial charge in [-0.1, -0.05) is 18.2 Å². The summed E-state index contributed by atoms with van der Waals surface area (Å²) in [6.45, 7) is 1.94. The van der Waals surface area contributed by atoms with E-state index in [0.29, 0.717) is 11.0 Å². The molecule has 0 atom stereocenters. The van der Waals surface area contributed by atoms with Gasteiger partial charge in [-0.2, -0.15) is 5.10 Å². The first-order chi connectivity index (χ1) is 7.27. The lowest BCUT2D eigenvalue weighted by molar-refractivity contribution is 1.05. The molecule has 0 fully saturated rings. The fourth-order valence-electron chi connectivity index (χ4n) is 1.92. The van der Waals surface area contributed by atoms with Gasteiger partial charge in [-0.3, -0.25) is 9.89 Å². The van der Waals surface area contributed by atoms with Gasteiger partial charge in [0.15, 0.2) is 5.65 Å². The van der Waals surface area contributed by atoms with Gasteiger partial charge in [-0.25, -0.2) is 0 Å². The van der Waals surface area contributed by atoms with Gasteiger partial charge in [-0.15, -0.1) is 0 Å². The van der Waals surface area contributed by atoms with Crippen molar-refractivity contribution in [2.75, 3.05) is 0 Å². The van der Waals surface area contributed by atoms with E-state index < -0.39 is 0 Å². The van der Waals surface area contributed by atoms with Crippen LogP contribution in [0.25, 0.3) is 21.8 Å². The van der Waals surface area contributed by atoms with Crippen LogP contribution in [0.1, 0.15) is 5.69 Å². The van der Waals surface area contributed by atoms with Crippen LogP contribution in [0.15, 0.2) is 29.1 Å². The fourth-order valence-corrected chi connectivity index (χ4v) is 1.92. The van der Waals surface area contributed by atoms with E-state index in [-0.39, 0.29) is 5.56 Å². The third-order valence-corrected chi connectivity index (χ3v) is 2.62. The molecule has 0 aliphatic rings. The summed E-state index contributed by atoms with van der Waals surface area (Å²) in [5.41, 5.74) is 1.50. The van der Waals surface area contributed by atoms with E-state index in [1.54, 1.807) is 0 Å². The van der Waals surface area contributed by atoms with Crippen LogP contribution in [0.2, 0.25) is 0 Å². The maximum Gasteiger partial charge on any atom is 0.257 e. The first-order valence-corrected chi connectivity index (χ1v) is 4.73.